The summed E-state index contributed by atoms with van der Waals surface area (Å²) in [6.07, 6.45) is 0.590. The van der Waals surface area contributed by atoms with Gasteiger partial charge >= 0.3 is 0 Å². The molecule has 3 N–H and O–H groups in total. The maximum absolute atomic E-state index is 13.5. The first kappa shape index (κ1) is 14.6. The Bertz CT molecular complexity index is 410. The average molecular weight is 254 g/mol. The zero-order chi connectivity index (χ0) is 13.5. The fourth-order valence-corrected chi connectivity index (χ4v) is 1.57. The van der Waals surface area contributed by atoms with E-state index in [1.54, 1.807) is 20.1 Å². The van der Waals surface area contributed by atoms with Crippen LogP contribution in [0, 0.1) is 12.7 Å². The Morgan fingerprint density at radius 1 is 1.56 bits per heavy atom. The second-order valence-corrected chi connectivity index (χ2v) is 4.24. The number of aryl methyl sites for hydroxylation is 1. The summed E-state index contributed by atoms with van der Waals surface area (Å²) in [5, 5.41) is 2.63. The highest BCUT2D eigenvalue weighted by Crippen LogP contribution is 2.09. The predicted molar refractivity (Wildman–Crippen MR) is 67.9 cm³/mol. The third-order valence-electron chi connectivity index (χ3n) is 2.55. The highest BCUT2D eigenvalue weighted by molar-refractivity contribution is 5.94. The minimum absolute atomic E-state index is 0.0564. The standard InChI is InChI=1S/C13H19FN2O2/c1-9-3-4-11(12(14)7-9)13(17)16-6-5-10(15)8-18-2/h3-4,7,10H,5-6,8,15H2,1-2H3,(H,16,17). The van der Waals surface area contributed by atoms with Gasteiger partial charge in [-0.3, -0.25) is 4.79 Å². The molecule has 0 aromatic heterocycles. The van der Waals surface area contributed by atoms with Crippen molar-refractivity contribution < 1.29 is 13.9 Å². The molecule has 0 heterocycles. The summed E-state index contributed by atoms with van der Waals surface area (Å²) in [6, 6.07) is 4.40. The van der Waals surface area contributed by atoms with Gasteiger partial charge in [-0.2, -0.15) is 0 Å². The van der Waals surface area contributed by atoms with Crippen LogP contribution in [0.4, 0.5) is 4.39 Å². The molecule has 0 bridgehead atoms. The molecule has 0 saturated carbocycles. The van der Waals surface area contributed by atoms with E-state index in [0.29, 0.717) is 19.6 Å². The number of carbonyl (C=O) groups is 1. The van der Waals surface area contributed by atoms with E-state index in [-0.39, 0.29) is 11.6 Å². The van der Waals surface area contributed by atoms with Crippen molar-refractivity contribution in [2.75, 3.05) is 20.3 Å². The van der Waals surface area contributed by atoms with E-state index < -0.39 is 11.7 Å². The zero-order valence-corrected chi connectivity index (χ0v) is 10.7. The Morgan fingerprint density at radius 3 is 2.89 bits per heavy atom. The number of halogens is 1. The van der Waals surface area contributed by atoms with Crippen LogP contribution in [0.15, 0.2) is 18.2 Å². The van der Waals surface area contributed by atoms with Crippen LogP contribution < -0.4 is 11.1 Å². The van der Waals surface area contributed by atoms with Gasteiger partial charge in [0.2, 0.25) is 0 Å². The molecule has 1 aromatic carbocycles. The first-order chi connectivity index (χ1) is 8.54. The van der Waals surface area contributed by atoms with Crippen LogP contribution in [0.1, 0.15) is 22.3 Å². The lowest BCUT2D eigenvalue weighted by molar-refractivity contribution is 0.0946. The highest BCUT2D eigenvalue weighted by Gasteiger charge is 2.11. The van der Waals surface area contributed by atoms with Gasteiger partial charge in [0.15, 0.2) is 0 Å². The number of ether oxygens (including phenoxy) is 1. The fraction of sp³-hybridized carbons (Fsp3) is 0.462. The fourth-order valence-electron chi connectivity index (χ4n) is 1.57. The van der Waals surface area contributed by atoms with E-state index in [2.05, 4.69) is 5.32 Å². The Morgan fingerprint density at radius 2 is 2.28 bits per heavy atom. The van der Waals surface area contributed by atoms with E-state index in [1.165, 1.54) is 12.1 Å². The zero-order valence-electron chi connectivity index (χ0n) is 10.7. The van der Waals surface area contributed by atoms with Gasteiger partial charge in [0, 0.05) is 19.7 Å². The SMILES string of the molecule is COCC(N)CCNC(=O)c1ccc(C)cc1F. The number of methoxy groups -OCH3 is 1. The van der Waals surface area contributed by atoms with Gasteiger partial charge in [-0.25, -0.2) is 4.39 Å². The Balaban J connectivity index is 2.45. The molecule has 0 aliphatic carbocycles. The molecule has 4 nitrogen and oxygen atoms in total. The summed E-state index contributed by atoms with van der Waals surface area (Å²) in [5.74, 6) is -0.925. The molecule has 100 valence electrons. The first-order valence-electron chi connectivity index (χ1n) is 5.83. The van der Waals surface area contributed by atoms with Gasteiger partial charge in [0.25, 0.3) is 5.91 Å². The van der Waals surface area contributed by atoms with Crippen molar-refractivity contribution >= 4 is 5.91 Å². The molecule has 0 aliphatic heterocycles. The van der Waals surface area contributed by atoms with Crippen molar-refractivity contribution in [3.63, 3.8) is 0 Å². The molecule has 5 heteroatoms. The summed E-state index contributed by atoms with van der Waals surface area (Å²) < 4.78 is 18.4. The van der Waals surface area contributed by atoms with Crippen molar-refractivity contribution in [1.82, 2.24) is 5.32 Å². The lowest BCUT2D eigenvalue weighted by Gasteiger charge is -2.11. The van der Waals surface area contributed by atoms with Gasteiger partial charge in [0.05, 0.1) is 12.2 Å². The number of nitrogens with one attached hydrogen (secondary N) is 1. The molecule has 0 aliphatic rings. The molecule has 1 atom stereocenters. The molecule has 0 saturated heterocycles. The quantitative estimate of drug-likeness (QED) is 0.802. The molecule has 1 rings (SSSR count). The molecule has 18 heavy (non-hydrogen) atoms. The smallest absolute Gasteiger partial charge is 0.254 e. The summed E-state index contributed by atoms with van der Waals surface area (Å²) in [4.78, 5) is 11.7. The molecular weight excluding hydrogens is 235 g/mol. The van der Waals surface area contributed by atoms with Gasteiger partial charge in [-0.05, 0) is 31.0 Å². The van der Waals surface area contributed by atoms with Crippen LogP contribution in [0.2, 0.25) is 0 Å². The maximum Gasteiger partial charge on any atom is 0.254 e. The van der Waals surface area contributed by atoms with E-state index in [0.717, 1.165) is 5.56 Å². The van der Waals surface area contributed by atoms with Crippen LogP contribution in [-0.4, -0.2) is 32.2 Å². The van der Waals surface area contributed by atoms with Gasteiger partial charge < -0.3 is 15.8 Å². The number of hydrogen-bond acceptors (Lipinski definition) is 3. The summed E-state index contributed by atoms with van der Waals surface area (Å²) >= 11 is 0. The van der Waals surface area contributed by atoms with Crippen molar-refractivity contribution in [2.45, 2.75) is 19.4 Å². The van der Waals surface area contributed by atoms with E-state index in [1.807, 2.05) is 0 Å². The lowest BCUT2D eigenvalue weighted by atomic mass is 10.1. The predicted octanol–water partition coefficient (Wildman–Crippen LogP) is 1.23. The largest absolute Gasteiger partial charge is 0.383 e. The minimum atomic E-state index is -0.506. The lowest BCUT2D eigenvalue weighted by Crippen LogP contribution is -2.33. The van der Waals surface area contributed by atoms with E-state index in [4.69, 9.17) is 10.5 Å². The minimum Gasteiger partial charge on any atom is -0.383 e. The second-order valence-electron chi connectivity index (χ2n) is 4.24. The number of carbonyl (C=O) groups excluding carboxylic acids is 1. The highest BCUT2D eigenvalue weighted by atomic mass is 19.1. The molecule has 0 spiro atoms. The van der Waals surface area contributed by atoms with Gasteiger partial charge in [-0.15, -0.1) is 0 Å². The summed E-state index contributed by atoms with van der Waals surface area (Å²) in [6.45, 7) is 2.61. The summed E-state index contributed by atoms with van der Waals surface area (Å²) in [5.41, 5.74) is 6.55. The molecule has 1 unspecified atom stereocenters. The number of amides is 1. The Labute approximate surface area is 106 Å². The molecule has 1 amide bonds. The normalized spacial score (nSPS) is 12.2. The third kappa shape index (κ3) is 4.43. The van der Waals surface area contributed by atoms with Gasteiger partial charge in [0.1, 0.15) is 5.82 Å². The molecular formula is C13H19FN2O2. The Hall–Kier alpha value is -1.46. The van der Waals surface area contributed by atoms with Crippen molar-refractivity contribution in [2.24, 2.45) is 5.73 Å². The van der Waals surface area contributed by atoms with Crippen molar-refractivity contribution in [3.05, 3.63) is 35.1 Å². The number of hydrogen-bond donors (Lipinski definition) is 2. The first-order valence-corrected chi connectivity index (χ1v) is 5.83. The number of benzene rings is 1. The monoisotopic (exact) mass is 254 g/mol. The van der Waals surface area contributed by atoms with E-state index in [9.17, 15) is 9.18 Å². The second kappa shape index (κ2) is 7.08. The Kier molecular flexibility index (Phi) is 5.74. The van der Waals surface area contributed by atoms with E-state index >= 15 is 0 Å². The molecule has 0 radical (unpaired) electrons. The van der Waals surface area contributed by atoms with Crippen LogP contribution in [0.25, 0.3) is 0 Å². The average Bonchev–Trinajstić information content (AvgIpc) is 2.29. The van der Waals surface area contributed by atoms with Crippen molar-refractivity contribution in [3.8, 4) is 0 Å². The van der Waals surface area contributed by atoms with Crippen LogP contribution in [0.3, 0.4) is 0 Å². The summed E-state index contributed by atoms with van der Waals surface area (Å²) in [7, 11) is 1.57. The molecule has 1 aromatic rings. The third-order valence-corrected chi connectivity index (χ3v) is 2.55. The molecule has 0 fully saturated rings. The maximum atomic E-state index is 13.5. The number of nitrogens with two attached hydrogens (primary N) is 1. The van der Waals surface area contributed by atoms with Crippen LogP contribution in [0.5, 0.6) is 0 Å². The number of rotatable bonds is 6. The van der Waals surface area contributed by atoms with Crippen LogP contribution in [-0.2, 0) is 4.74 Å². The topological polar surface area (TPSA) is 64.3 Å². The van der Waals surface area contributed by atoms with Gasteiger partial charge in [-0.1, -0.05) is 6.07 Å². The van der Waals surface area contributed by atoms with Crippen LogP contribution >= 0.6 is 0 Å². The van der Waals surface area contributed by atoms with Crippen molar-refractivity contribution in [1.29, 1.82) is 0 Å².